The van der Waals surface area contributed by atoms with Gasteiger partial charge in [0.1, 0.15) is 0 Å². The number of carbonyl (C=O) groups excluding carboxylic acids is 1. The zero-order chi connectivity index (χ0) is 14.6. The lowest BCUT2D eigenvalue weighted by atomic mass is 10.1. The van der Waals surface area contributed by atoms with Crippen molar-refractivity contribution in [2.75, 3.05) is 40.0 Å². The van der Waals surface area contributed by atoms with Gasteiger partial charge in [0.25, 0.3) is 0 Å². The molecule has 0 atom stereocenters. The largest absolute Gasteiger partial charge is 0.382 e. The Morgan fingerprint density at radius 2 is 1.79 bits per heavy atom. The minimum absolute atomic E-state index is 0.0693. The van der Waals surface area contributed by atoms with Crippen LogP contribution in [-0.2, 0) is 14.3 Å². The molecule has 114 valence electrons. The Hall–Kier alpha value is -0.650. The highest BCUT2D eigenvalue weighted by Gasteiger charge is 2.09. The third kappa shape index (κ3) is 15.3. The summed E-state index contributed by atoms with van der Waals surface area (Å²) in [4.78, 5) is 11.5. The monoisotopic (exact) mass is 274 g/mol. The second-order valence-corrected chi connectivity index (χ2v) is 5.59. The molecule has 0 aliphatic heterocycles. The van der Waals surface area contributed by atoms with E-state index in [1.807, 2.05) is 0 Å². The van der Waals surface area contributed by atoms with E-state index in [-0.39, 0.29) is 11.4 Å². The summed E-state index contributed by atoms with van der Waals surface area (Å²) in [5.74, 6) is 0.108. The van der Waals surface area contributed by atoms with Gasteiger partial charge in [0.15, 0.2) is 0 Å². The van der Waals surface area contributed by atoms with E-state index in [9.17, 15) is 4.79 Å². The molecule has 0 rings (SSSR count). The number of methoxy groups -OCH3 is 1. The van der Waals surface area contributed by atoms with Crippen molar-refractivity contribution in [1.82, 2.24) is 10.6 Å². The van der Waals surface area contributed by atoms with Crippen molar-refractivity contribution in [2.45, 2.75) is 45.6 Å². The first kappa shape index (κ1) is 18.4. The lowest BCUT2D eigenvalue weighted by Crippen LogP contribution is -2.38. The van der Waals surface area contributed by atoms with Crippen LogP contribution in [0.2, 0.25) is 0 Å². The number of carbonyl (C=O) groups is 1. The van der Waals surface area contributed by atoms with Gasteiger partial charge in [-0.2, -0.15) is 0 Å². The van der Waals surface area contributed by atoms with Crippen molar-refractivity contribution in [3.8, 4) is 0 Å². The van der Waals surface area contributed by atoms with Gasteiger partial charge in [-0.1, -0.05) is 0 Å². The van der Waals surface area contributed by atoms with E-state index >= 15 is 0 Å². The second-order valence-electron chi connectivity index (χ2n) is 5.59. The number of hydrogen-bond acceptors (Lipinski definition) is 4. The molecule has 0 aromatic heterocycles. The molecular formula is C14H30N2O3. The standard InChI is InChI=1S/C14H30N2O3/c1-14(2,3)16-9-7-13(17)15-8-5-6-10-19-12-11-18-4/h16H,5-12H2,1-4H3,(H,15,17). The first-order chi connectivity index (χ1) is 8.95. The van der Waals surface area contributed by atoms with Crippen LogP contribution in [0.3, 0.4) is 0 Å². The fourth-order valence-electron chi connectivity index (χ4n) is 1.44. The van der Waals surface area contributed by atoms with Gasteiger partial charge in [0.05, 0.1) is 13.2 Å². The number of rotatable bonds is 11. The predicted octanol–water partition coefficient (Wildman–Crippen LogP) is 1.32. The highest BCUT2D eigenvalue weighted by molar-refractivity contribution is 5.75. The lowest BCUT2D eigenvalue weighted by Gasteiger charge is -2.20. The van der Waals surface area contributed by atoms with E-state index in [1.165, 1.54) is 0 Å². The Bertz CT molecular complexity index is 227. The second kappa shape index (κ2) is 11.2. The summed E-state index contributed by atoms with van der Waals surface area (Å²) < 4.78 is 10.2. The molecule has 0 unspecified atom stereocenters. The molecule has 0 fully saturated rings. The van der Waals surface area contributed by atoms with Gasteiger partial charge in [-0.05, 0) is 33.6 Å². The Morgan fingerprint density at radius 1 is 1.05 bits per heavy atom. The molecule has 0 radical (unpaired) electrons. The molecule has 5 heteroatoms. The Balaban J connectivity index is 3.25. The van der Waals surface area contributed by atoms with Crippen molar-refractivity contribution in [2.24, 2.45) is 0 Å². The summed E-state index contributed by atoms with van der Waals surface area (Å²) in [5, 5.41) is 6.20. The van der Waals surface area contributed by atoms with Gasteiger partial charge in [-0.25, -0.2) is 0 Å². The number of hydrogen-bond donors (Lipinski definition) is 2. The molecule has 2 N–H and O–H groups in total. The first-order valence-corrected chi connectivity index (χ1v) is 7.04. The summed E-state index contributed by atoms with van der Waals surface area (Å²) in [6.07, 6.45) is 2.44. The van der Waals surface area contributed by atoms with Crippen LogP contribution in [0.25, 0.3) is 0 Å². The summed E-state index contributed by atoms with van der Waals surface area (Å²) in [6.45, 7) is 9.72. The number of unbranched alkanes of at least 4 members (excludes halogenated alkanes) is 1. The Labute approximate surface area is 117 Å². The maximum Gasteiger partial charge on any atom is 0.221 e. The van der Waals surface area contributed by atoms with Crippen LogP contribution in [0.5, 0.6) is 0 Å². The fourth-order valence-corrected chi connectivity index (χ4v) is 1.44. The number of nitrogens with one attached hydrogen (secondary N) is 2. The van der Waals surface area contributed by atoms with E-state index in [2.05, 4.69) is 31.4 Å². The molecule has 0 aromatic carbocycles. The smallest absolute Gasteiger partial charge is 0.221 e. The van der Waals surface area contributed by atoms with Gasteiger partial charge < -0.3 is 20.1 Å². The zero-order valence-corrected chi connectivity index (χ0v) is 12.9. The zero-order valence-electron chi connectivity index (χ0n) is 12.9. The average Bonchev–Trinajstić information content (AvgIpc) is 2.31. The molecule has 0 saturated carbocycles. The number of ether oxygens (including phenoxy) is 2. The van der Waals surface area contributed by atoms with Gasteiger partial charge in [0.2, 0.25) is 5.91 Å². The van der Waals surface area contributed by atoms with Crippen LogP contribution in [0.1, 0.15) is 40.0 Å². The summed E-state index contributed by atoms with van der Waals surface area (Å²) in [5.41, 5.74) is 0.0693. The van der Waals surface area contributed by atoms with Crippen molar-refractivity contribution in [1.29, 1.82) is 0 Å². The fraction of sp³-hybridized carbons (Fsp3) is 0.929. The highest BCUT2D eigenvalue weighted by atomic mass is 16.5. The summed E-state index contributed by atoms with van der Waals surface area (Å²) in [6, 6.07) is 0. The highest BCUT2D eigenvalue weighted by Crippen LogP contribution is 1.97. The van der Waals surface area contributed by atoms with Gasteiger partial charge >= 0.3 is 0 Å². The maximum atomic E-state index is 11.5. The van der Waals surface area contributed by atoms with Crippen LogP contribution in [0.4, 0.5) is 0 Å². The van der Waals surface area contributed by atoms with Crippen LogP contribution >= 0.6 is 0 Å². The topological polar surface area (TPSA) is 59.6 Å². The maximum absolute atomic E-state index is 11.5. The molecule has 0 aliphatic carbocycles. The van der Waals surface area contributed by atoms with Crippen LogP contribution in [-0.4, -0.2) is 51.5 Å². The number of amides is 1. The van der Waals surface area contributed by atoms with E-state index in [0.29, 0.717) is 19.6 Å². The molecule has 5 nitrogen and oxygen atoms in total. The third-order valence-electron chi connectivity index (χ3n) is 2.48. The SMILES string of the molecule is COCCOCCCCNC(=O)CCNC(C)(C)C. The summed E-state index contributed by atoms with van der Waals surface area (Å²) >= 11 is 0. The van der Waals surface area contributed by atoms with Crippen molar-refractivity contribution < 1.29 is 14.3 Å². The quantitative estimate of drug-likeness (QED) is 0.558. The molecule has 19 heavy (non-hydrogen) atoms. The molecule has 0 aromatic rings. The third-order valence-corrected chi connectivity index (χ3v) is 2.48. The van der Waals surface area contributed by atoms with E-state index in [0.717, 1.165) is 32.5 Å². The Kier molecular flexibility index (Phi) is 10.8. The van der Waals surface area contributed by atoms with Crippen molar-refractivity contribution in [3.63, 3.8) is 0 Å². The first-order valence-electron chi connectivity index (χ1n) is 7.04. The van der Waals surface area contributed by atoms with Crippen LogP contribution in [0.15, 0.2) is 0 Å². The van der Waals surface area contributed by atoms with Crippen LogP contribution < -0.4 is 10.6 Å². The molecule has 0 spiro atoms. The average molecular weight is 274 g/mol. The molecular weight excluding hydrogens is 244 g/mol. The molecule has 0 saturated heterocycles. The van der Waals surface area contributed by atoms with Crippen molar-refractivity contribution >= 4 is 5.91 Å². The van der Waals surface area contributed by atoms with Gasteiger partial charge in [-0.15, -0.1) is 0 Å². The minimum atomic E-state index is 0.0693. The summed E-state index contributed by atoms with van der Waals surface area (Å²) in [7, 11) is 1.66. The van der Waals surface area contributed by atoms with Gasteiger partial charge in [-0.3, -0.25) is 4.79 Å². The molecule has 0 heterocycles. The lowest BCUT2D eigenvalue weighted by molar-refractivity contribution is -0.121. The van der Waals surface area contributed by atoms with E-state index in [4.69, 9.17) is 9.47 Å². The predicted molar refractivity (Wildman–Crippen MR) is 77.3 cm³/mol. The van der Waals surface area contributed by atoms with Crippen LogP contribution in [0, 0.1) is 0 Å². The molecule has 0 aliphatic rings. The van der Waals surface area contributed by atoms with E-state index < -0.39 is 0 Å². The van der Waals surface area contributed by atoms with Crippen molar-refractivity contribution in [3.05, 3.63) is 0 Å². The Morgan fingerprint density at radius 3 is 2.42 bits per heavy atom. The molecule has 1 amide bonds. The molecule has 0 bridgehead atoms. The minimum Gasteiger partial charge on any atom is -0.382 e. The van der Waals surface area contributed by atoms with E-state index in [1.54, 1.807) is 7.11 Å². The van der Waals surface area contributed by atoms with Gasteiger partial charge in [0, 0.05) is 38.8 Å². The normalized spacial score (nSPS) is 11.6.